The predicted octanol–water partition coefficient (Wildman–Crippen LogP) is 0.615. The fraction of sp³-hybridized carbons (Fsp3) is 0.700. The third kappa shape index (κ3) is 6.98. The maximum Gasteiger partial charge on any atom is 0.351 e. The molecule has 0 unspecified atom stereocenters. The second kappa shape index (κ2) is 9.39. The lowest BCUT2D eigenvalue weighted by Crippen LogP contribution is -2.44. The number of aromatic nitrogens is 2. The highest BCUT2D eigenvalue weighted by Gasteiger charge is 2.52. The number of hydrogen-bond donors (Lipinski definition) is 1. The van der Waals surface area contributed by atoms with Gasteiger partial charge in [-0.15, -0.1) is 0 Å². The number of anilines is 1. The minimum Gasteiger partial charge on any atom is -0.462 e. The summed E-state index contributed by atoms with van der Waals surface area (Å²) in [4.78, 5) is 41.0. The van der Waals surface area contributed by atoms with Gasteiger partial charge in [-0.1, -0.05) is 0 Å². The van der Waals surface area contributed by atoms with Gasteiger partial charge in [0.2, 0.25) is 0 Å². The monoisotopic (exact) mass is 489 g/mol. The van der Waals surface area contributed by atoms with Gasteiger partial charge in [-0.25, -0.2) is 4.79 Å². The molecular formula is C20H31N3O9S. The Bertz CT molecular complexity index is 1050. The van der Waals surface area contributed by atoms with E-state index in [2.05, 4.69) is 4.98 Å². The summed E-state index contributed by atoms with van der Waals surface area (Å²) >= 11 is 0. The van der Waals surface area contributed by atoms with Crippen LogP contribution in [0.1, 0.15) is 47.8 Å². The summed E-state index contributed by atoms with van der Waals surface area (Å²) in [6.45, 7) is 9.33. The van der Waals surface area contributed by atoms with Crippen LogP contribution in [0.15, 0.2) is 17.1 Å². The van der Waals surface area contributed by atoms with Gasteiger partial charge in [0.15, 0.2) is 12.3 Å². The van der Waals surface area contributed by atoms with Crippen molar-refractivity contribution >= 4 is 27.9 Å². The molecule has 0 spiro atoms. The average molecular weight is 490 g/mol. The van der Waals surface area contributed by atoms with Crippen molar-refractivity contribution < 1.29 is 36.4 Å². The second-order valence-corrected chi connectivity index (χ2v) is 11.4. The quantitative estimate of drug-likeness (QED) is 0.439. The van der Waals surface area contributed by atoms with Crippen LogP contribution in [0.5, 0.6) is 0 Å². The molecule has 0 aliphatic carbocycles. The minimum atomic E-state index is -4.07. The van der Waals surface area contributed by atoms with Crippen molar-refractivity contribution in [2.24, 2.45) is 10.8 Å². The Morgan fingerprint density at radius 3 is 2.18 bits per heavy atom. The highest BCUT2D eigenvalue weighted by Crippen LogP contribution is 2.36. The normalized spacial score (nSPS) is 23.8. The summed E-state index contributed by atoms with van der Waals surface area (Å²) in [6, 6.07) is 1.33. The molecule has 186 valence electrons. The zero-order valence-electron chi connectivity index (χ0n) is 19.7. The number of carbonyl (C=O) groups excluding carboxylic acids is 2. The van der Waals surface area contributed by atoms with Crippen molar-refractivity contribution in [2.45, 2.75) is 66.1 Å². The first-order valence-electron chi connectivity index (χ1n) is 10.2. The molecule has 0 radical (unpaired) electrons. The standard InChI is InChI=1S/C20H31N3O9S/c1-19(2,3)16(24)29-10-11-13(32-33(7,27)28)14(31-17(25)20(4,5)6)15(30-11)23-9-8-12(21)22-18(23)26/h8-9,11,13-15H,10H2,1-7H3,(H2,21,22,26)/t11-,13-,14-,15-/m1/s1. The highest BCUT2D eigenvalue weighted by atomic mass is 32.2. The lowest BCUT2D eigenvalue weighted by molar-refractivity contribution is -0.167. The largest absolute Gasteiger partial charge is 0.462 e. The molecule has 1 aromatic rings. The molecule has 13 heteroatoms. The third-order valence-electron chi connectivity index (χ3n) is 4.54. The van der Waals surface area contributed by atoms with E-state index in [1.54, 1.807) is 41.5 Å². The van der Waals surface area contributed by atoms with Crippen molar-refractivity contribution in [3.05, 3.63) is 22.7 Å². The van der Waals surface area contributed by atoms with E-state index in [1.807, 2.05) is 0 Å². The molecule has 2 heterocycles. The van der Waals surface area contributed by atoms with Crippen LogP contribution in [0.2, 0.25) is 0 Å². The number of ether oxygens (including phenoxy) is 3. The Kier molecular flexibility index (Phi) is 7.61. The average Bonchev–Trinajstić information content (AvgIpc) is 2.93. The summed E-state index contributed by atoms with van der Waals surface area (Å²) in [5.74, 6) is -1.30. The third-order valence-corrected chi connectivity index (χ3v) is 5.12. The van der Waals surface area contributed by atoms with Crippen molar-refractivity contribution in [3.8, 4) is 0 Å². The first kappa shape index (κ1) is 26.7. The van der Waals surface area contributed by atoms with E-state index in [0.29, 0.717) is 0 Å². The van der Waals surface area contributed by atoms with Crippen LogP contribution in [-0.2, 0) is 38.1 Å². The van der Waals surface area contributed by atoms with Gasteiger partial charge in [0.1, 0.15) is 24.6 Å². The Morgan fingerprint density at radius 2 is 1.70 bits per heavy atom. The van der Waals surface area contributed by atoms with Gasteiger partial charge < -0.3 is 19.9 Å². The molecule has 1 aliphatic rings. The van der Waals surface area contributed by atoms with Crippen LogP contribution >= 0.6 is 0 Å². The van der Waals surface area contributed by atoms with E-state index in [4.69, 9.17) is 24.1 Å². The number of rotatable bonds is 6. The topological polar surface area (TPSA) is 166 Å². The molecule has 33 heavy (non-hydrogen) atoms. The molecular weight excluding hydrogens is 458 g/mol. The summed E-state index contributed by atoms with van der Waals surface area (Å²) in [5.41, 5.74) is 2.94. The Morgan fingerprint density at radius 1 is 1.12 bits per heavy atom. The van der Waals surface area contributed by atoms with E-state index in [1.165, 1.54) is 12.3 Å². The van der Waals surface area contributed by atoms with E-state index < -0.39 is 69.7 Å². The number of nitrogens with zero attached hydrogens (tertiary/aromatic N) is 2. The van der Waals surface area contributed by atoms with Gasteiger partial charge in [-0.2, -0.15) is 13.4 Å². The molecule has 0 saturated carbocycles. The molecule has 0 amide bonds. The molecule has 1 aliphatic heterocycles. The molecule has 2 rings (SSSR count). The van der Waals surface area contributed by atoms with Crippen LogP contribution < -0.4 is 11.4 Å². The molecule has 0 bridgehead atoms. The minimum absolute atomic E-state index is 0.0444. The summed E-state index contributed by atoms with van der Waals surface area (Å²) in [7, 11) is -4.07. The van der Waals surface area contributed by atoms with Crippen LogP contribution in [0.25, 0.3) is 0 Å². The van der Waals surface area contributed by atoms with Gasteiger partial charge in [-0.05, 0) is 47.6 Å². The Hall–Kier alpha value is -2.51. The van der Waals surface area contributed by atoms with Crippen molar-refractivity contribution in [3.63, 3.8) is 0 Å². The van der Waals surface area contributed by atoms with Crippen LogP contribution in [0.4, 0.5) is 5.82 Å². The van der Waals surface area contributed by atoms with E-state index in [9.17, 15) is 22.8 Å². The first-order valence-corrected chi connectivity index (χ1v) is 12.0. The molecule has 2 N–H and O–H groups in total. The van der Waals surface area contributed by atoms with E-state index >= 15 is 0 Å². The second-order valence-electron chi connectivity index (χ2n) is 9.84. The fourth-order valence-corrected chi connectivity index (χ4v) is 3.44. The SMILES string of the molecule is CC(C)(C)C(=O)OC[C@H]1O[C@@H](n2ccc(N)nc2=O)[C@H](OC(=O)C(C)(C)C)[C@@H]1OS(C)(=O)=O. The Labute approximate surface area is 192 Å². The van der Waals surface area contributed by atoms with Crippen molar-refractivity contribution in [1.82, 2.24) is 9.55 Å². The molecule has 12 nitrogen and oxygen atoms in total. The maximum absolute atomic E-state index is 12.7. The Balaban J connectivity index is 2.50. The molecule has 4 atom stereocenters. The van der Waals surface area contributed by atoms with Gasteiger partial charge in [0, 0.05) is 6.20 Å². The fourth-order valence-electron chi connectivity index (χ4n) is 2.80. The van der Waals surface area contributed by atoms with Crippen LogP contribution in [0, 0.1) is 10.8 Å². The smallest absolute Gasteiger partial charge is 0.351 e. The molecule has 1 fully saturated rings. The first-order chi connectivity index (χ1) is 14.9. The molecule has 1 saturated heterocycles. The van der Waals surface area contributed by atoms with Crippen molar-refractivity contribution in [1.29, 1.82) is 0 Å². The summed E-state index contributed by atoms with van der Waals surface area (Å²) in [6.07, 6.45) is -3.20. The van der Waals surface area contributed by atoms with Crippen LogP contribution in [-0.4, -0.2) is 61.1 Å². The molecule has 0 aromatic carbocycles. The zero-order valence-corrected chi connectivity index (χ0v) is 20.5. The van der Waals surface area contributed by atoms with Crippen molar-refractivity contribution in [2.75, 3.05) is 18.6 Å². The lowest BCUT2D eigenvalue weighted by Gasteiger charge is -2.27. The lowest BCUT2D eigenvalue weighted by atomic mass is 9.97. The molecule has 1 aromatic heterocycles. The number of esters is 2. The van der Waals surface area contributed by atoms with E-state index in [-0.39, 0.29) is 5.82 Å². The van der Waals surface area contributed by atoms with Gasteiger partial charge >= 0.3 is 17.6 Å². The maximum atomic E-state index is 12.7. The van der Waals surface area contributed by atoms with Crippen LogP contribution in [0.3, 0.4) is 0 Å². The van der Waals surface area contributed by atoms with Gasteiger partial charge in [0.05, 0.1) is 17.1 Å². The van der Waals surface area contributed by atoms with E-state index in [0.717, 1.165) is 10.8 Å². The zero-order chi connectivity index (χ0) is 25.4. The summed E-state index contributed by atoms with van der Waals surface area (Å²) in [5, 5.41) is 0. The number of nitrogen functional groups attached to an aromatic ring is 1. The number of hydrogen-bond acceptors (Lipinski definition) is 11. The number of carbonyl (C=O) groups is 2. The van der Waals surface area contributed by atoms with Gasteiger partial charge in [0.25, 0.3) is 10.1 Å². The number of nitrogens with two attached hydrogens (primary N) is 1. The predicted molar refractivity (Wildman–Crippen MR) is 116 cm³/mol. The highest BCUT2D eigenvalue weighted by molar-refractivity contribution is 7.86. The van der Waals surface area contributed by atoms with Gasteiger partial charge in [-0.3, -0.25) is 18.3 Å². The summed E-state index contributed by atoms with van der Waals surface area (Å²) < 4.78 is 46.9.